The van der Waals surface area contributed by atoms with Crippen molar-refractivity contribution in [3.05, 3.63) is 29.7 Å². The van der Waals surface area contributed by atoms with E-state index in [-0.39, 0.29) is 36.0 Å². The van der Waals surface area contributed by atoms with Gasteiger partial charge in [0.15, 0.2) is 18.2 Å². The molecule has 0 bridgehead atoms. The smallest absolute Gasteiger partial charge is 0.422 e. The van der Waals surface area contributed by atoms with Gasteiger partial charge in [0.1, 0.15) is 11.4 Å². The van der Waals surface area contributed by atoms with Crippen molar-refractivity contribution < 1.29 is 36.0 Å². The number of alkyl halides is 5. The maximum absolute atomic E-state index is 13.7. The van der Waals surface area contributed by atoms with Crippen LogP contribution in [-0.4, -0.2) is 52.7 Å². The molecule has 1 atom stereocenters. The third-order valence-electron chi connectivity index (χ3n) is 6.08. The van der Waals surface area contributed by atoms with E-state index in [9.17, 15) is 26.7 Å². The van der Waals surface area contributed by atoms with Crippen molar-refractivity contribution in [2.45, 2.75) is 57.0 Å². The molecule has 4 rings (SSSR count). The summed E-state index contributed by atoms with van der Waals surface area (Å²) in [5.41, 5.74) is -0.847. The highest BCUT2D eigenvalue weighted by molar-refractivity contribution is 5.96. The summed E-state index contributed by atoms with van der Waals surface area (Å²) in [7, 11) is 0. The molecule has 180 valence electrons. The molecular weight excluding hydrogens is 451 g/mol. The fourth-order valence-corrected chi connectivity index (χ4v) is 4.12. The molecule has 0 amide bonds. The van der Waals surface area contributed by atoms with Crippen molar-refractivity contribution in [1.82, 2.24) is 15.1 Å². The van der Waals surface area contributed by atoms with Crippen molar-refractivity contribution >= 4 is 11.5 Å². The highest BCUT2D eigenvalue weighted by atomic mass is 19.4. The summed E-state index contributed by atoms with van der Waals surface area (Å²) >= 11 is 0. The zero-order valence-corrected chi connectivity index (χ0v) is 18.1. The number of ether oxygens (including phenoxy) is 1. The Labute approximate surface area is 186 Å². The van der Waals surface area contributed by atoms with Gasteiger partial charge in [0, 0.05) is 37.8 Å². The molecule has 1 aliphatic heterocycles. The monoisotopic (exact) mass is 474 g/mol. The Morgan fingerprint density at radius 2 is 2.06 bits per heavy atom. The van der Waals surface area contributed by atoms with Crippen molar-refractivity contribution in [3.8, 4) is 5.75 Å². The van der Waals surface area contributed by atoms with E-state index < -0.39 is 42.9 Å². The van der Waals surface area contributed by atoms with Crippen LogP contribution in [-0.2, 0) is 5.41 Å². The zero-order valence-electron chi connectivity index (χ0n) is 18.1. The summed E-state index contributed by atoms with van der Waals surface area (Å²) in [5, 5.41) is 3.96. The van der Waals surface area contributed by atoms with Gasteiger partial charge in [0.2, 0.25) is 5.89 Å². The molecule has 1 unspecified atom stereocenters. The average Bonchev–Trinajstić information content (AvgIpc) is 3.40. The van der Waals surface area contributed by atoms with Crippen LogP contribution in [0, 0.1) is 12.8 Å². The highest BCUT2D eigenvalue weighted by Gasteiger charge is 2.47. The first kappa shape index (κ1) is 23.4. The van der Waals surface area contributed by atoms with Crippen molar-refractivity contribution in [3.63, 3.8) is 0 Å². The second-order valence-corrected chi connectivity index (χ2v) is 8.90. The van der Waals surface area contributed by atoms with Crippen molar-refractivity contribution in [2.24, 2.45) is 5.92 Å². The number of aromatic nitrogens is 3. The van der Waals surface area contributed by atoms with Gasteiger partial charge in [-0.15, -0.1) is 0 Å². The molecule has 1 aliphatic carbocycles. The summed E-state index contributed by atoms with van der Waals surface area (Å²) in [4.78, 5) is 22.7. The van der Waals surface area contributed by atoms with E-state index in [1.54, 1.807) is 6.92 Å². The molecule has 0 radical (unpaired) electrons. The normalized spacial score (nSPS) is 20.0. The molecule has 33 heavy (non-hydrogen) atoms. The minimum Gasteiger partial charge on any atom is -0.482 e. The van der Waals surface area contributed by atoms with E-state index in [1.165, 1.54) is 4.90 Å². The number of nitrogens with zero attached hydrogens (tertiary/aromatic N) is 4. The van der Waals surface area contributed by atoms with Gasteiger partial charge in [-0.05, 0) is 18.8 Å². The molecule has 2 aliphatic rings. The lowest BCUT2D eigenvalue weighted by Crippen LogP contribution is -2.30. The number of Topliss-reactive ketones (excluding diaryl/α,β-unsaturated/α-hetero) is 1. The van der Waals surface area contributed by atoms with Crippen LogP contribution < -0.4 is 9.64 Å². The summed E-state index contributed by atoms with van der Waals surface area (Å²) in [6, 6.07) is 1.09. The van der Waals surface area contributed by atoms with Gasteiger partial charge in [-0.3, -0.25) is 9.78 Å². The zero-order chi connectivity index (χ0) is 24.0. The van der Waals surface area contributed by atoms with E-state index in [4.69, 9.17) is 9.26 Å². The van der Waals surface area contributed by atoms with Crippen LogP contribution in [0.25, 0.3) is 0 Å². The maximum atomic E-state index is 13.7. The van der Waals surface area contributed by atoms with Gasteiger partial charge in [0.05, 0.1) is 18.4 Å². The summed E-state index contributed by atoms with van der Waals surface area (Å²) in [6.45, 7) is 1.12. The van der Waals surface area contributed by atoms with Gasteiger partial charge >= 0.3 is 6.18 Å². The molecular formula is C21H23F5N4O3. The van der Waals surface area contributed by atoms with Crippen LogP contribution in [0.15, 0.2) is 16.8 Å². The molecule has 0 N–H and O–H groups in total. The Kier molecular flexibility index (Phi) is 5.81. The van der Waals surface area contributed by atoms with E-state index in [0.29, 0.717) is 11.7 Å². The van der Waals surface area contributed by atoms with Crippen LogP contribution in [0.2, 0.25) is 0 Å². The quantitative estimate of drug-likeness (QED) is 0.412. The van der Waals surface area contributed by atoms with E-state index in [2.05, 4.69) is 15.1 Å². The molecule has 2 fully saturated rings. The lowest BCUT2D eigenvalue weighted by molar-refractivity contribution is -0.153. The second-order valence-electron chi connectivity index (χ2n) is 8.90. The Morgan fingerprint density at radius 3 is 2.61 bits per heavy atom. The maximum Gasteiger partial charge on any atom is 0.422 e. The Balaban J connectivity index is 1.60. The van der Waals surface area contributed by atoms with E-state index >= 15 is 0 Å². The number of hydrogen-bond acceptors (Lipinski definition) is 7. The first-order chi connectivity index (χ1) is 15.4. The standard InChI is InChI=1S/C21H23F5N4O3/c1-12-28-18(29-33-12)19(2,13-3-4-13)8-16(31)14-7-17(32-11-21(24,25)26)15(9-27-14)30-6-5-20(22,23)10-30/h7,9,13H,3-6,8,10-11H2,1-2H3. The number of rotatable bonds is 8. The highest BCUT2D eigenvalue weighted by Crippen LogP contribution is 2.49. The van der Waals surface area contributed by atoms with Crippen LogP contribution in [0.1, 0.15) is 54.8 Å². The lowest BCUT2D eigenvalue weighted by Gasteiger charge is -2.25. The molecule has 7 nitrogen and oxygen atoms in total. The largest absolute Gasteiger partial charge is 0.482 e. The number of carbonyl (C=O) groups is 1. The van der Waals surface area contributed by atoms with Gasteiger partial charge in [-0.25, -0.2) is 8.78 Å². The number of carbonyl (C=O) groups excluding carboxylic acids is 1. The third kappa shape index (κ3) is 5.25. The van der Waals surface area contributed by atoms with Crippen LogP contribution in [0.3, 0.4) is 0 Å². The van der Waals surface area contributed by atoms with Gasteiger partial charge in [-0.1, -0.05) is 12.1 Å². The number of ketones is 1. The van der Waals surface area contributed by atoms with E-state index in [1.807, 2.05) is 6.92 Å². The van der Waals surface area contributed by atoms with Crippen molar-refractivity contribution in [2.75, 3.05) is 24.6 Å². The van der Waals surface area contributed by atoms with Crippen LogP contribution >= 0.6 is 0 Å². The molecule has 2 aromatic rings. The summed E-state index contributed by atoms with van der Waals surface area (Å²) in [5.74, 6) is -2.82. The van der Waals surface area contributed by atoms with Crippen molar-refractivity contribution in [1.29, 1.82) is 0 Å². The van der Waals surface area contributed by atoms with E-state index in [0.717, 1.165) is 25.1 Å². The first-order valence-corrected chi connectivity index (χ1v) is 10.5. The predicted octanol–water partition coefficient (Wildman–Crippen LogP) is 4.50. The molecule has 3 heterocycles. The topological polar surface area (TPSA) is 81.4 Å². The lowest BCUT2D eigenvalue weighted by atomic mass is 9.78. The molecule has 1 saturated heterocycles. The molecule has 2 aromatic heterocycles. The Morgan fingerprint density at radius 1 is 1.33 bits per heavy atom. The third-order valence-corrected chi connectivity index (χ3v) is 6.08. The molecule has 1 saturated carbocycles. The first-order valence-electron chi connectivity index (χ1n) is 10.5. The molecule has 0 aromatic carbocycles. The SMILES string of the molecule is Cc1nc(C(C)(CC(=O)c2cc(OCC(F)(F)F)c(N3CCC(F)(F)C3)cn2)C2CC2)no1. The average molecular weight is 474 g/mol. The minimum atomic E-state index is -4.64. The fraction of sp³-hybridized carbons (Fsp3) is 0.619. The number of aryl methyl sites for hydroxylation is 1. The number of halogens is 5. The second kappa shape index (κ2) is 8.21. The predicted molar refractivity (Wildman–Crippen MR) is 106 cm³/mol. The number of hydrogen-bond donors (Lipinski definition) is 0. The summed E-state index contributed by atoms with van der Waals surface area (Å²) in [6.07, 6.45) is -2.23. The number of anilines is 1. The van der Waals surface area contributed by atoms with Gasteiger partial charge in [-0.2, -0.15) is 18.2 Å². The van der Waals surface area contributed by atoms with Gasteiger partial charge in [0.25, 0.3) is 5.92 Å². The Bertz CT molecular complexity index is 1040. The minimum absolute atomic E-state index is 0.00766. The molecule has 0 spiro atoms. The Hall–Kier alpha value is -2.79. The van der Waals surface area contributed by atoms with Gasteiger partial charge < -0.3 is 14.2 Å². The molecule has 12 heteroatoms. The fourth-order valence-electron chi connectivity index (χ4n) is 4.12. The summed E-state index contributed by atoms with van der Waals surface area (Å²) < 4.78 is 75.6. The number of pyridine rings is 1. The van der Waals surface area contributed by atoms with Crippen LogP contribution in [0.5, 0.6) is 5.75 Å². The van der Waals surface area contributed by atoms with Crippen LogP contribution in [0.4, 0.5) is 27.6 Å².